The van der Waals surface area contributed by atoms with Gasteiger partial charge in [0.15, 0.2) is 0 Å². The van der Waals surface area contributed by atoms with Gasteiger partial charge in [-0.25, -0.2) is 0 Å². The topological polar surface area (TPSA) is 106 Å². The molecule has 0 unspecified atom stereocenters. The summed E-state index contributed by atoms with van der Waals surface area (Å²) in [4.78, 5) is 0. The second-order valence-electron chi connectivity index (χ2n) is 0.448. The number of halogens is 2. The van der Waals surface area contributed by atoms with E-state index < -0.39 is 10.4 Å². The molecule has 0 fully saturated rings. The van der Waals surface area contributed by atoms with E-state index in [0.717, 1.165) is 0 Å². The van der Waals surface area contributed by atoms with E-state index in [9.17, 15) is 0 Å². The third-order valence-electron chi connectivity index (χ3n) is 0. The van der Waals surface area contributed by atoms with Crippen LogP contribution in [0.1, 0.15) is 0 Å². The van der Waals surface area contributed by atoms with Crippen LogP contribution in [0.5, 0.6) is 0 Å². The molecule has 0 aliphatic rings. The van der Waals surface area contributed by atoms with Gasteiger partial charge in [0.25, 0.3) is 0 Å². The van der Waals surface area contributed by atoms with Crippen molar-refractivity contribution in [3.8, 4) is 0 Å². The summed E-state index contributed by atoms with van der Waals surface area (Å²) in [7, 11) is -4.67. The fourth-order valence-electron chi connectivity index (χ4n) is 0. The first-order chi connectivity index (χ1) is 2.00. The van der Waals surface area contributed by atoms with Crippen molar-refractivity contribution in [3.05, 3.63) is 0 Å². The third-order valence-corrected chi connectivity index (χ3v) is 0. The van der Waals surface area contributed by atoms with Gasteiger partial charge < -0.3 is 5.48 Å². The van der Waals surface area contributed by atoms with Crippen molar-refractivity contribution in [2.75, 3.05) is 0 Å². The molecule has 0 atom stereocenters. The first-order valence-corrected chi connectivity index (χ1v) is 2.10. The van der Waals surface area contributed by atoms with E-state index in [2.05, 4.69) is 0 Å². The molecule has 9 heteroatoms. The first-order valence-electron chi connectivity index (χ1n) is 0.698. The Bertz CT molecular complexity index is 98.1. The molecule has 0 radical (unpaired) electrons. The van der Waals surface area contributed by atoms with Crippen molar-refractivity contribution < 1.29 is 42.5 Å². The summed E-state index contributed by atoms with van der Waals surface area (Å²) in [5.41, 5.74) is 0. The van der Waals surface area contributed by atoms with Gasteiger partial charge in [-0.2, -0.15) is 8.42 Å². The van der Waals surface area contributed by atoms with Gasteiger partial charge in [0, 0.05) is 19.5 Å². The molecule has 4 N–H and O–H groups in total. The molecule has 0 spiro atoms. The Kier molecular flexibility index (Phi) is 42.3. The minimum Gasteiger partial charge on any atom is -0.412 e. The Morgan fingerprint density at radius 2 is 1.00 bits per heavy atom. The summed E-state index contributed by atoms with van der Waals surface area (Å²) in [6.45, 7) is 0. The van der Waals surface area contributed by atoms with E-state index in [4.69, 9.17) is 17.5 Å². The zero-order valence-corrected chi connectivity index (χ0v) is 9.56. The van der Waals surface area contributed by atoms with Gasteiger partial charge in [0.05, 0.1) is 0 Å². The summed E-state index contributed by atoms with van der Waals surface area (Å²) in [5.74, 6) is 0. The average molecular weight is 254 g/mol. The van der Waals surface area contributed by atoms with Crippen LogP contribution < -0.4 is 0 Å². The molecule has 0 saturated heterocycles. The van der Waals surface area contributed by atoms with Crippen molar-refractivity contribution in [3.63, 3.8) is 0 Å². The van der Waals surface area contributed by atoms with Crippen molar-refractivity contribution in [2.45, 2.75) is 0 Å². The fourth-order valence-corrected chi connectivity index (χ4v) is 0. The molecule has 0 saturated carbocycles. The third kappa shape index (κ3) is 418. The molecule has 5 nitrogen and oxygen atoms in total. The van der Waals surface area contributed by atoms with Crippen LogP contribution in [0.15, 0.2) is 0 Å². The maximum atomic E-state index is 8.74. The molecule has 58 valence electrons. The molecule has 0 aromatic rings. The normalized spacial score (nSPS) is 6.44. The number of hydrogen-bond acceptors (Lipinski definition) is 2. The van der Waals surface area contributed by atoms with Crippen LogP contribution in [0, 0.1) is 0 Å². The molecule has 0 aromatic carbocycles. The smallest absolute Gasteiger partial charge is 0.394 e. The van der Waals surface area contributed by atoms with Crippen LogP contribution in [0.3, 0.4) is 0 Å². The fraction of sp³-hybridized carbons (Fsp3) is 0. The molecule has 9 heavy (non-hydrogen) atoms. The Labute approximate surface area is 77.7 Å². The Hall–Kier alpha value is 1.03. The van der Waals surface area contributed by atoms with E-state index in [1.54, 1.807) is 0 Å². The minimum atomic E-state index is -4.67. The Balaban J connectivity index is -0.0000000133. The quantitative estimate of drug-likeness (QED) is 0.443. The van der Waals surface area contributed by atoms with Crippen molar-refractivity contribution in [1.29, 1.82) is 0 Å². The van der Waals surface area contributed by atoms with Gasteiger partial charge >= 0.3 is 10.4 Å². The van der Waals surface area contributed by atoms with Gasteiger partial charge in [0.1, 0.15) is 0 Å². The van der Waals surface area contributed by atoms with Crippen LogP contribution in [-0.2, 0) is 29.9 Å². The van der Waals surface area contributed by atoms with Crippen LogP contribution >= 0.6 is 24.8 Å². The van der Waals surface area contributed by atoms with Crippen LogP contribution in [0.4, 0.5) is 0 Å². The molecular weight excluding hydrogens is 248 g/mol. The molecule has 0 bridgehead atoms. The second-order valence-corrected chi connectivity index (χ2v) is 1.34. The van der Waals surface area contributed by atoms with Gasteiger partial charge in [0.2, 0.25) is 0 Å². The van der Waals surface area contributed by atoms with Gasteiger partial charge in [-0.15, -0.1) is 24.8 Å². The van der Waals surface area contributed by atoms with E-state index in [-0.39, 0.29) is 49.8 Å². The van der Waals surface area contributed by atoms with Crippen LogP contribution in [0.2, 0.25) is 0 Å². The predicted octanol–water partition coefficient (Wildman–Crippen LogP) is -0.636. The van der Waals surface area contributed by atoms with Crippen molar-refractivity contribution in [2.24, 2.45) is 0 Å². The van der Waals surface area contributed by atoms with Crippen molar-refractivity contribution in [1.82, 2.24) is 0 Å². The molecule has 0 aliphatic carbocycles. The van der Waals surface area contributed by atoms with Crippen molar-refractivity contribution >= 4 is 35.2 Å². The summed E-state index contributed by atoms with van der Waals surface area (Å²) in [6, 6.07) is 0. The zero-order chi connectivity index (χ0) is 4.50. The standard InChI is InChI=1S/2ClH.H2O4S.H2O.Zn/c;;1-5(2,3)4;;/h2*1H;(H2,1,2,3,4);1H2;. The van der Waals surface area contributed by atoms with Gasteiger partial charge in [-0.1, -0.05) is 0 Å². The maximum Gasteiger partial charge on any atom is 0.394 e. The summed E-state index contributed by atoms with van der Waals surface area (Å²) < 4.78 is 31.6. The van der Waals surface area contributed by atoms with E-state index >= 15 is 0 Å². The largest absolute Gasteiger partial charge is 0.412 e. The maximum absolute atomic E-state index is 8.74. The van der Waals surface area contributed by atoms with Crippen LogP contribution in [-0.4, -0.2) is 23.0 Å². The SMILES string of the molecule is Cl.Cl.O.O=S(=O)(O)O.[Zn]. The predicted molar refractivity (Wildman–Crippen MR) is 32.3 cm³/mol. The molecular formula is H6Cl2O5SZn. The molecule has 0 heterocycles. The monoisotopic (exact) mass is 252 g/mol. The summed E-state index contributed by atoms with van der Waals surface area (Å²) in [5, 5.41) is 0. The van der Waals surface area contributed by atoms with E-state index in [1.165, 1.54) is 0 Å². The Morgan fingerprint density at radius 1 is 1.00 bits per heavy atom. The Morgan fingerprint density at radius 3 is 1.00 bits per heavy atom. The molecule has 0 aromatic heterocycles. The first kappa shape index (κ1) is 32.3. The number of hydrogen-bond donors (Lipinski definition) is 2. The van der Waals surface area contributed by atoms with Gasteiger partial charge in [-0.3, -0.25) is 9.11 Å². The summed E-state index contributed by atoms with van der Waals surface area (Å²) in [6.07, 6.45) is 0. The van der Waals surface area contributed by atoms with Crippen LogP contribution in [0.25, 0.3) is 0 Å². The van der Waals surface area contributed by atoms with E-state index in [0.29, 0.717) is 0 Å². The second kappa shape index (κ2) is 11.8. The molecule has 0 amide bonds. The summed E-state index contributed by atoms with van der Waals surface area (Å²) >= 11 is 0. The average Bonchev–Trinajstić information content (AvgIpc) is 0.722. The molecule has 0 aliphatic heterocycles. The zero-order valence-electron chi connectivity index (χ0n) is 4.14. The van der Waals surface area contributed by atoms with Gasteiger partial charge in [-0.05, 0) is 0 Å². The minimum absolute atomic E-state index is 0. The van der Waals surface area contributed by atoms with E-state index in [1.807, 2.05) is 0 Å². The molecule has 0 rings (SSSR count). The number of rotatable bonds is 0.